The third-order valence-corrected chi connectivity index (χ3v) is 8.69. The van der Waals surface area contributed by atoms with E-state index < -0.39 is 0 Å². The zero-order chi connectivity index (χ0) is 24.5. The summed E-state index contributed by atoms with van der Waals surface area (Å²) < 4.78 is 24.3. The second-order valence-corrected chi connectivity index (χ2v) is 11.2. The van der Waals surface area contributed by atoms with Crippen LogP contribution in [0.3, 0.4) is 0 Å². The highest BCUT2D eigenvalue weighted by Crippen LogP contribution is 2.59. The summed E-state index contributed by atoms with van der Waals surface area (Å²) in [6.45, 7) is 16.6. The zero-order valence-electron chi connectivity index (χ0n) is 22.2. The molecule has 4 aliphatic rings. The Morgan fingerprint density at radius 2 is 1.94 bits per heavy atom. The second kappa shape index (κ2) is 10.5. The predicted molar refractivity (Wildman–Crippen MR) is 132 cm³/mol. The SMILES string of the molecule is CCN(CC)CCCC1CN(C(=O)OC2CCC3(CO3)C([C@@]3(C)O[C@@H]3CC=C(C)C)C2OC)C1. The van der Waals surface area contributed by atoms with E-state index in [0.29, 0.717) is 5.92 Å². The van der Waals surface area contributed by atoms with Crippen molar-refractivity contribution >= 4 is 6.09 Å². The van der Waals surface area contributed by atoms with Crippen LogP contribution in [-0.4, -0.2) is 91.8 Å². The first-order valence-corrected chi connectivity index (χ1v) is 13.4. The van der Waals surface area contributed by atoms with Gasteiger partial charge in [0.25, 0.3) is 0 Å². The van der Waals surface area contributed by atoms with Crippen molar-refractivity contribution in [2.45, 2.75) is 96.2 Å². The lowest BCUT2D eigenvalue weighted by Gasteiger charge is -2.44. The van der Waals surface area contributed by atoms with Crippen molar-refractivity contribution in [2.75, 3.05) is 46.4 Å². The van der Waals surface area contributed by atoms with Gasteiger partial charge < -0.3 is 28.7 Å². The molecule has 7 heteroatoms. The van der Waals surface area contributed by atoms with E-state index in [-0.39, 0.29) is 41.5 Å². The zero-order valence-corrected chi connectivity index (χ0v) is 22.2. The van der Waals surface area contributed by atoms with Gasteiger partial charge in [0.2, 0.25) is 0 Å². The molecule has 0 aromatic carbocycles. The smallest absolute Gasteiger partial charge is 0.410 e. The van der Waals surface area contributed by atoms with Crippen molar-refractivity contribution in [3.63, 3.8) is 0 Å². The molecule has 4 fully saturated rings. The average Bonchev–Trinajstić information content (AvgIpc) is 3.69. The first-order valence-electron chi connectivity index (χ1n) is 13.4. The third kappa shape index (κ3) is 5.32. The predicted octanol–water partition coefficient (Wildman–Crippen LogP) is 4.25. The fourth-order valence-corrected chi connectivity index (χ4v) is 6.32. The fourth-order valence-electron chi connectivity index (χ4n) is 6.32. The number of rotatable bonds is 11. The lowest BCUT2D eigenvalue weighted by molar-refractivity contribution is -0.124. The van der Waals surface area contributed by atoms with Crippen molar-refractivity contribution < 1.29 is 23.7 Å². The molecule has 1 saturated carbocycles. The van der Waals surface area contributed by atoms with Crippen LogP contribution < -0.4 is 0 Å². The van der Waals surface area contributed by atoms with Crippen LogP contribution in [0.4, 0.5) is 4.79 Å². The van der Waals surface area contributed by atoms with E-state index in [4.69, 9.17) is 18.9 Å². The summed E-state index contributed by atoms with van der Waals surface area (Å²) in [7, 11) is 1.73. The average molecular weight is 479 g/mol. The molecular formula is C27H46N2O5. The van der Waals surface area contributed by atoms with Gasteiger partial charge in [0, 0.05) is 20.2 Å². The molecule has 4 rings (SSSR count). The van der Waals surface area contributed by atoms with Crippen molar-refractivity contribution in [1.29, 1.82) is 0 Å². The van der Waals surface area contributed by atoms with Gasteiger partial charge in [-0.2, -0.15) is 0 Å². The molecule has 1 aliphatic carbocycles. The maximum absolute atomic E-state index is 12.9. The molecule has 7 nitrogen and oxygen atoms in total. The molecule has 34 heavy (non-hydrogen) atoms. The van der Waals surface area contributed by atoms with E-state index in [1.807, 2.05) is 4.90 Å². The van der Waals surface area contributed by atoms with Crippen LogP contribution in [0.5, 0.6) is 0 Å². The Kier molecular flexibility index (Phi) is 7.97. The number of likely N-dealkylation sites (tertiary alicyclic amines) is 1. The Hall–Kier alpha value is -1.15. The van der Waals surface area contributed by atoms with Crippen LogP contribution in [0.15, 0.2) is 11.6 Å². The second-order valence-electron chi connectivity index (χ2n) is 11.2. The van der Waals surface area contributed by atoms with Crippen LogP contribution in [0.1, 0.15) is 66.7 Å². The number of amides is 1. The molecule has 3 saturated heterocycles. The normalized spacial score (nSPS) is 37.0. The molecule has 0 N–H and O–H groups in total. The lowest BCUT2D eigenvalue weighted by Crippen LogP contribution is -2.57. The number of hydrogen-bond acceptors (Lipinski definition) is 6. The molecule has 1 spiro atoms. The van der Waals surface area contributed by atoms with Crippen LogP contribution in [0.2, 0.25) is 0 Å². The molecule has 0 bridgehead atoms. The summed E-state index contributed by atoms with van der Waals surface area (Å²) in [5.74, 6) is 0.662. The van der Waals surface area contributed by atoms with E-state index in [0.717, 1.165) is 58.6 Å². The molecule has 4 unspecified atom stereocenters. The fraction of sp³-hybridized carbons (Fsp3) is 0.889. The molecule has 3 aliphatic heterocycles. The molecule has 0 aromatic rings. The number of nitrogens with zero attached hydrogens (tertiary/aromatic N) is 2. The number of ether oxygens (including phenoxy) is 4. The van der Waals surface area contributed by atoms with Gasteiger partial charge in [0.1, 0.15) is 23.4 Å². The summed E-state index contributed by atoms with van der Waals surface area (Å²) in [5.41, 5.74) is 0.806. The van der Waals surface area contributed by atoms with Gasteiger partial charge in [-0.25, -0.2) is 4.79 Å². The molecule has 0 aromatic heterocycles. The molecule has 6 atom stereocenters. The number of epoxide rings is 2. The Bertz CT molecular complexity index is 739. The Morgan fingerprint density at radius 3 is 2.53 bits per heavy atom. The van der Waals surface area contributed by atoms with Gasteiger partial charge in [-0.3, -0.25) is 0 Å². The number of hydrogen-bond donors (Lipinski definition) is 0. The molecule has 194 valence electrons. The van der Waals surface area contributed by atoms with Gasteiger partial charge >= 0.3 is 6.09 Å². The van der Waals surface area contributed by atoms with E-state index in [1.165, 1.54) is 18.4 Å². The van der Waals surface area contributed by atoms with Crippen LogP contribution in [0, 0.1) is 11.8 Å². The van der Waals surface area contributed by atoms with E-state index in [9.17, 15) is 4.79 Å². The van der Waals surface area contributed by atoms with Gasteiger partial charge in [-0.15, -0.1) is 0 Å². The maximum Gasteiger partial charge on any atom is 0.410 e. The molecule has 1 amide bonds. The Morgan fingerprint density at radius 1 is 1.24 bits per heavy atom. The first-order chi connectivity index (χ1) is 16.3. The van der Waals surface area contributed by atoms with E-state index in [1.54, 1.807) is 7.11 Å². The van der Waals surface area contributed by atoms with Gasteiger partial charge in [0.15, 0.2) is 0 Å². The van der Waals surface area contributed by atoms with E-state index in [2.05, 4.69) is 45.6 Å². The summed E-state index contributed by atoms with van der Waals surface area (Å²) in [6.07, 6.45) is 6.66. The van der Waals surface area contributed by atoms with Gasteiger partial charge in [0.05, 0.1) is 18.6 Å². The minimum Gasteiger partial charge on any atom is -0.443 e. The quantitative estimate of drug-likeness (QED) is 0.327. The third-order valence-electron chi connectivity index (χ3n) is 8.69. The van der Waals surface area contributed by atoms with E-state index >= 15 is 0 Å². The molecule has 0 radical (unpaired) electrons. The number of methoxy groups -OCH3 is 1. The largest absolute Gasteiger partial charge is 0.443 e. The topological polar surface area (TPSA) is 67.1 Å². The maximum atomic E-state index is 12.9. The lowest BCUT2D eigenvalue weighted by atomic mass is 9.68. The summed E-state index contributed by atoms with van der Waals surface area (Å²) in [6, 6.07) is 0. The van der Waals surface area contributed by atoms with Crippen molar-refractivity contribution in [3.05, 3.63) is 11.6 Å². The highest BCUT2D eigenvalue weighted by atomic mass is 16.6. The highest BCUT2D eigenvalue weighted by Gasteiger charge is 2.72. The molecular weight excluding hydrogens is 432 g/mol. The highest BCUT2D eigenvalue weighted by molar-refractivity contribution is 5.69. The number of carbonyl (C=O) groups excluding carboxylic acids is 1. The summed E-state index contributed by atoms with van der Waals surface area (Å²) in [4.78, 5) is 17.2. The van der Waals surface area contributed by atoms with Crippen LogP contribution in [-0.2, 0) is 18.9 Å². The first kappa shape index (κ1) is 25.9. The van der Waals surface area contributed by atoms with Gasteiger partial charge in [-0.05, 0) is 78.4 Å². The molecule has 3 heterocycles. The van der Waals surface area contributed by atoms with Crippen LogP contribution in [0.25, 0.3) is 0 Å². The van der Waals surface area contributed by atoms with Gasteiger partial charge in [-0.1, -0.05) is 25.5 Å². The van der Waals surface area contributed by atoms with Crippen LogP contribution >= 0.6 is 0 Å². The Balaban J connectivity index is 1.29. The van der Waals surface area contributed by atoms with Crippen molar-refractivity contribution in [3.8, 4) is 0 Å². The standard InChI is InChI=1S/C27H46N2O5/c1-7-28(8-2)15-9-10-20-16-29(17-20)25(30)33-21-13-14-27(18-32-27)24(23(21)31-6)26(5)22(34-26)12-11-19(3)4/h11,20-24H,7-10,12-18H2,1-6H3/t21?,22-,23?,24?,26+,27?/m1/s1. The summed E-state index contributed by atoms with van der Waals surface area (Å²) >= 11 is 0. The number of carbonyl (C=O) groups is 1. The summed E-state index contributed by atoms with van der Waals surface area (Å²) in [5, 5.41) is 0. The van der Waals surface area contributed by atoms with Crippen molar-refractivity contribution in [1.82, 2.24) is 9.80 Å². The van der Waals surface area contributed by atoms with Crippen molar-refractivity contribution in [2.24, 2.45) is 11.8 Å². The minimum atomic E-state index is -0.305. The minimum absolute atomic E-state index is 0.0660. The Labute approximate surface area is 206 Å². The number of allylic oxidation sites excluding steroid dienone is 1. The monoisotopic (exact) mass is 478 g/mol.